The minimum absolute atomic E-state index is 0.0394. The highest BCUT2D eigenvalue weighted by Crippen LogP contribution is 2.26. The first-order chi connectivity index (χ1) is 12.2. The van der Waals surface area contributed by atoms with Crippen LogP contribution in [-0.2, 0) is 0 Å². The lowest BCUT2D eigenvalue weighted by Gasteiger charge is -2.19. The second kappa shape index (κ2) is 7.92. The highest BCUT2D eigenvalue weighted by molar-refractivity contribution is 5.94. The predicted octanol–water partition coefficient (Wildman–Crippen LogP) is 2.96. The fraction of sp³-hybridized carbons (Fsp3) is 0.350. The largest absolute Gasteiger partial charge is 0.497 e. The first-order valence-corrected chi connectivity index (χ1v) is 8.51. The molecule has 0 aliphatic carbocycles. The van der Waals surface area contributed by atoms with Gasteiger partial charge in [-0.2, -0.15) is 0 Å². The highest BCUT2D eigenvalue weighted by atomic mass is 16.5. The third-order valence-electron chi connectivity index (χ3n) is 4.61. The van der Waals surface area contributed by atoms with Crippen LogP contribution in [0.3, 0.4) is 0 Å². The topological polar surface area (TPSA) is 50.8 Å². The van der Waals surface area contributed by atoms with Crippen LogP contribution in [-0.4, -0.2) is 39.8 Å². The summed E-state index contributed by atoms with van der Waals surface area (Å²) in [6.07, 6.45) is 1.07. The zero-order valence-electron chi connectivity index (χ0n) is 14.7. The van der Waals surface area contributed by atoms with Crippen molar-refractivity contribution in [2.75, 3.05) is 38.8 Å². The van der Waals surface area contributed by atoms with Crippen molar-refractivity contribution in [3.63, 3.8) is 0 Å². The summed E-state index contributed by atoms with van der Waals surface area (Å²) >= 11 is 0. The Kier molecular flexibility index (Phi) is 5.43. The Morgan fingerprint density at radius 1 is 1.12 bits per heavy atom. The molecule has 1 saturated heterocycles. The maximum atomic E-state index is 12.3. The van der Waals surface area contributed by atoms with E-state index < -0.39 is 0 Å². The molecule has 1 N–H and O–H groups in total. The average molecular weight is 340 g/mol. The van der Waals surface area contributed by atoms with Crippen molar-refractivity contribution >= 4 is 11.6 Å². The molecule has 0 unspecified atom stereocenters. The molecule has 1 fully saturated rings. The number of nitrogens with zero attached hydrogens (tertiary/aromatic N) is 1. The van der Waals surface area contributed by atoms with E-state index in [9.17, 15) is 4.79 Å². The lowest BCUT2D eigenvalue weighted by molar-refractivity contribution is 0.0948. The Hall–Kier alpha value is -2.69. The molecule has 0 bridgehead atoms. The van der Waals surface area contributed by atoms with Crippen LogP contribution in [0.2, 0.25) is 0 Å². The van der Waals surface area contributed by atoms with Gasteiger partial charge in [-0.1, -0.05) is 6.07 Å². The molecule has 2 aromatic rings. The number of amides is 1. The summed E-state index contributed by atoms with van der Waals surface area (Å²) in [6, 6.07) is 15.3. The molecule has 0 spiro atoms. The minimum atomic E-state index is -0.0394. The van der Waals surface area contributed by atoms with Crippen LogP contribution in [0.15, 0.2) is 48.5 Å². The van der Waals surface area contributed by atoms with E-state index in [0.717, 1.165) is 31.0 Å². The number of rotatable bonds is 6. The van der Waals surface area contributed by atoms with Gasteiger partial charge < -0.3 is 19.7 Å². The van der Waals surface area contributed by atoms with Crippen molar-refractivity contribution in [2.45, 2.75) is 6.42 Å². The Morgan fingerprint density at radius 3 is 2.60 bits per heavy atom. The van der Waals surface area contributed by atoms with E-state index in [0.29, 0.717) is 18.0 Å². The number of hydrogen-bond donors (Lipinski definition) is 1. The van der Waals surface area contributed by atoms with Gasteiger partial charge >= 0.3 is 0 Å². The van der Waals surface area contributed by atoms with E-state index in [1.54, 1.807) is 38.5 Å². The molecule has 132 valence electrons. The fourth-order valence-corrected chi connectivity index (χ4v) is 3.12. The molecule has 5 heteroatoms. The quantitative estimate of drug-likeness (QED) is 0.878. The van der Waals surface area contributed by atoms with Crippen molar-refractivity contribution in [1.82, 2.24) is 5.32 Å². The smallest absolute Gasteiger partial charge is 0.251 e. The Labute approximate surface area is 148 Å². The van der Waals surface area contributed by atoms with Crippen molar-refractivity contribution in [1.29, 1.82) is 0 Å². The molecule has 0 aromatic heterocycles. The summed E-state index contributed by atoms with van der Waals surface area (Å²) < 4.78 is 10.4. The zero-order chi connectivity index (χ0) is 17.6. The molecule has 1 atom stereocenters. The van der Waals surface area contributed by atoms with E-state index in [1.807, 2.05) is 12.1 Å². The summed E-state index contributed by atoms with van der Waals surface area (Å²) in [5.41, 5.74) is 1.83. The number of nitrogens with one attached hydrogen (secondary N) is 1. The number of carbonyl (C=O) groups excluding carboxylic acids is 1. The van der Waals surface area contributed by atoms with Crippen LogP contribution in [0.25, 0.3) is 0 Å². The molecule has 3 rings (SSSR count). The van der Waals surface area contributed by atoms with Gasteiger partial charge in [0.1, 0.15) is 11.5 Å². The van der Waals surface area contributed by atoms with Crippen LogP contribution in [0.4, 0.5) is 5.69 Å². The molecule has 0 saturated carbocycles. The van der Waals surface area contributed by atoms with Crippen molar-refractivity contribution in [3.8, 4) is 11.5 Å². The van der Waals surface area contributed by atoms with Gasteiger partial charge in [0, 0.05) is 37.0 Å². The SMILES string of the molecule is COc1ccc(C(=O)NC[C@H]2CCN(c3cccc(OC)c3)C2)cc1. The number of carbonyl (C=O) groups is 1. The van der Waals surface area contributed by atoms with E-state index in [2.05, 4.69) is 22.3 Å². The summed E-state index contributed by atoms with van der Waals surface area (Å²) in [5.74, 6) is 2.03. The molecule has 25 heavy (non-hydrogen) atoms. The normalized spacial score (nSPS) is 16.6. The standard InChI is InChI=1S/C20H24N2O3/c1-24-18-8-6-16(7-9-18)20(23)21-13-15-10-11-22(14-15)17-4-3-5-19(12-17)25-2/h3-9,12,15H,10-11,13-14H2,1-2H3,(H,21,23)/t15-/m1/s1. The van der Waals surface area contributed by atoms with Gasteiger partial charge in [0.15, 0.2) is 0 Å². The van der Waals surface area contributed by atoms with Gasteiger partial charge in [0.25, 0.3) is 5.91 Å². The van der Waals surface area contributed by atoms with Crippen molar-refractivity contribution in [3.05, 3.63) is 54.1 Å². The van der Waals surface area contributed by atoms with Gasteiger partial charge in [-0.15, -0.1) is 0 Å². The second-order valence-corrected chi connectivity index (χ2v) is 6.24. The maximum absolute atomic E-state index is 12.3. The van der Waals surface area contributed by atoms with E-state index in [1.165, 1.54) is 5.69 Å². The van der Waals surface area contributed by atoms with Gasteiger partial charge in [-0.25, -0.2) is 0 Å². The Balaban J connectivity index is 1.51. The lowest BCUT2D eigenvalue weighted by Crippen LogP contribution is -2.31. The average Bonchev–Trinajstić information content (AvgIpc) is 3.15. The van der Waals surface area contributed by atoms with Gasteiger partial charge in [-0.3, -0.25) is 4.79 Å². The molecule has 0 radical (unpaired) electrons. The third-order valence-corrected chi connectivity index (χ3v) is 4.61. The summed E-state index contributed by atoms with van der Waals surface area (Å²) in [4.78, 5) is 14.6. The molecule has 1 aliphatic heterocycles. The molecular formula is C20H24N2O3. The first kappa shape index (κ1) is 17.1. The number of ether oxygens (including phenoxy) is 2. The van der Waals surface area contributed by atoms with E-state index in [-0.39, 0.29) is 5.91 Å². The molecule has 1 heterocycles. The molecule has 5 nitrogen and oxygen atoms in total. The van der Waals surface area contributed by atoms with Crippen LogP contribution < -0.4 is 19.7 Å². The van der Waals surface area contributed by atoms with E-state index >= 15 is 0 Å². The minimum Gasteiger partial charge on any atom is -0.497 e. The van der Waals surface area contributed by atoms with Gasteiger partial charge in [0.2, 0.25) is 0 Å². The highest BCUT2D eigenvalue weighted by Gasteiger charge is 2.23. The number of hydrogen-bond acceptors (Lipinski definition) is 4. The van der Waals surface area contributed by atoms with Gasteiger partial charge in [0.05, 0.1) is 14.2 Å². The number of benzene rings is 2. The van der Waals surface area contributed by atoms with Crippen LogP contribution in [0.1, 0.15) is 16.8 Å². The lowest BCUT2D eigenvalue weighted by atomic mass is 10.1. The van der Waals surface area contributed by atoms with E-state index in [4.69, 9.17) is 9.47 Å². The van der Waals surface area contributed by atoms with Crippen LogP contribution in [0.5, 0.6) is 11.5 Å². The number of anilines is 1. The van der Waals surface area contributed by atoms with Gasteiger partial charge in [-0.05, 0) is 48.7 Å². The molecule has 1 aliphatic rings. The monoisotopic (exact) mass is 340 g/mol. The summed E-state index contributed by atoms with van der Waals surface area (Å²) in [5, 5.41) is 3.04. The Morgan fingerprint density at radius 2 is 1.88 bits per heavy atom. The zero-order valence-corrected chi connectivity index (χ0v) is 14.7. The third kappa shape index (κ3) is 4.24. The fourth-order valence-electron chi connectivity index (χ4n) is 3.12. The number of methoxy groups -OCH3 is 2. The Bertz CT molecular complexity index is 715. The summed E-state index contributed by atoms with van der Waals surface area (Å²) in [7, 11) is 3.30. The maximum Gasteiger partial charge on any atom is 0.251 e. The van der Waals surface area contributed by atoms with Crippen molar-refractivity contribution < 1.29 is 14.3 Å². The predicted molar refractivity (Wildman–Crippen MR) is 98.6 cm³/mol. The molecule has 2 aromatic carbocycles. The van der Waals surface area contributed by atoms with Crippen LogP contribution >= 0.6 is 0 Å². The van der Waals surface area contributed by atoms with Crippen LogP contribution in [0, 0.1) is 5.92 Å². The second-order valence-electron chi connectivity index (χ2n) is 6.24. The van der Waals surface area contributed by atoms with Crippen molar-refractivity contribution in [2.24, 2.45) is 5.92 Å². The molecule has 1 amide bonds. The summed E-state index contributed by atoms with van der Waals surface area (Å²) in [6.45, 7) is 2.62. The first-order valence-electron chi connectivity index (χ1n) is 8.51. The molecular weight excluding hydrogens is 316 g/mol.